The van der Waals surface area contributed by atoms with Gasteiger partial charge in [0.2, 0.25) is 0 Å². The first-order valence-corrected chi connectivity index (χ1v) is 19.1. The topological polar surface area (TPSA) is 72.8 Å². The fourth-order valence-electron chi connectivity index (χ4n) is 11.2. The summed E-state index contributed by atoms with van der Waals surface area (Å²) in [6.45, 7) is 21.3. The zero-order chi connectivity index (χ0) is 33.6. The van der Waals surface area contributed by atoms with Crippen molar-refractivity contribution >= 4 is 11.9 Å². The molecule has 10 atom stereocenters. The van der Waals surface area contributed by atoms with Crippen LogP contribution in [-0.2, 0) is 19.1 Å². The van der Waals surface area contributed by atoms with E-state index in [4.69, 9.17) is 14.6 Å². The molecule has 0 aliphatic heterocycles. The van der Waals surface area contributed by atoms with E-state index in [0.29, 0.717) is 22.8 Å². The summed E-state index contributed by atoms with van der Waals surface area (Å²) in [5.74, 6) is 6.02. The molecule has 4 fully saturated rings. The minimum Gasteiger partial charge on any atom is -0.462 e. The summed E-state index contributed by atoms with van der Waals surface area (Å²) in [4.78, 5) is 24.2. The quantitative estimate of drug-likeness (QED) is 0.134. The van der Waals surface area contributed by atoms with Crippen molar-refractivity contribution < 1.29 is 24.2 Å². The smallest absolute Gasteiger partial charge is 0.335 e. The predicted molar refractivity (Wildman–Crippen MR) is 187 cm³/mol. The molecule has 5 heteroatoms. The average molecular weight is 641 g/mol. The van der Waals surface area contributed by atoms with Crippen LogP contribution in [0.3, 0.4) is 0 Å². The molecule has 0 saturated heterocycles. The van der Waals surface area contributed by atoms with Gasteiger partial charge in [0.1, 0.15) is 6.10 Å². The molecule has 0 bridgehead atoms. The zero-order valence-electron chi connectivity index (χ0n) is 30.4. The molecule has 0 amide bonds. The van der Waals surface area contributed by atoms with Gasteiger partial charge in [-0.2, -0.15) is 0 Å². The molecule has 0 heterocycles. The maximum atomic E-state index is 12.3. The van der Waals surface area contributed by atoms with Gasteiger partial charge >= 0.3 is 11.9 Å². The molecule has 0 spiro atoms. The van der Waals surface area contributed by atoms with Gasteiger partial charge in [0.15, 0.2) is 0 Å². The largest absolute Gasteiger partial charge is 0.462 e. The highest BCUT2D eigenvalue weighted by molar-refractivity contribution is 5.88. The number of carbonyl (C=O) groups excluding carboxylic acids is 2. The van der Waals surface area contributed by atoms with Gasteiger partial charge in [0.05, 0.1) is 18.8 Å². The molecule has 262 valence electrons. The van der Waals surface area contributed by atoms with Crippen LogP contribution in [0, 0.1) is 58.2 Å². The van der Waals surface area contributed by atoms with Gasteiger partial charge in [0.25, 0.3) is 0 Å². The van der Waals surface area contributed by atoms with Gasteiger partial charge in [-0.25, -0.2) is 9.59 Å². The van der Waals surface area contributed by atoms with Crippen LogP contribution in [0.15, 0.2) is 24.3 Å². The molecule has 4 aliphatic carbocycles. The Morgan fingerprint density at radius 2 is 1.57 bits per heavy atom. The Hall–Kier alpha value is -1.62. The summed E-state index contributed by atoms with van der Waals surface area (Å²) in [6, 6.07) is 0. The van der Waals surface area contributed by atoms with Crippen molar-refractivity contribution in [2.24, 2.45) is 58.2 Å². The van der Waals surface area contributed by atoms with E-state index in [0.717, 1.165) is 60.2 Å². The van der Waals surface area contributed by atoms with Crippen molar-refractivity contribution in [2.75, 3.05) is 13.2 Å². The van der Waals surface area contributed by atoms with Crippen LogP contribution in [-0.4, -0.2) is 36.4 Å². The van der Waals surface area contributed by atoms with Crippen LogP contribution in [0.25, 0.3) is 0 Å². The normalized spacial score (nSPS) is 35.0. The molecule has 46 heavy (non-hydrogen) atoms. The number of aliphatic hydroxyl groups is 1. The second-order valence-electron chi connectivity index (χ2n) is 17.3. The van der Waals surface area contributed by atoms with Crippen molar-refractivity contribution in [3.63, 3.8) is 0 Å². The molecule has 0 aromatic rings. The Balaban J connectivity index is 1.28. The molecule has 5 nitrogen and oxygen atoms in total. The second-order valence-corrected chi connectivity index (χ2v) is 17.3. The molecule has 0 aromatic heterocycles. The molecule has 2 unspecified atom stereocenters. The molecule has 4 rings (SSSR count). The van der Waals surface area contributed by atoms with Crippen LogP contribution in [0.5, 0.6) is 0 Å². The summed E-state index contributed by atoms with van der Waals surface area (Å²) in [5.41, 5.74) is 1.48. The lowest BCUT2D eigenvalue weighted by Crippen LogP contribution is -2.53. The van der Waals surface area contributed by atoms with E-state index in [1.54, 1.807) is 6.92 Å². The van der Waals surface area contributed by atoms with E-state index < -0.39 is 12.6 Å². The van der Waals surface area contributed by atoms with E-state index in [2.05, 4.69) is 47.8 Å². The maximum absolute atomic E-state index is 12.3. The number of rotatable bonds is 16. The minimum atomic E-state index is -0.602. The van der Waals surface area contributed by atoms with Crippen LogP contribution in [0.2, 0.25) is 0 Å². The fraction of sp³-hybridized carbons (Fsp3) is 0.854. The Bertz CT molecular complexity index is 1060. The summed E-state index contributed by atoms with van der Waals surface area (Å²) < 4.78 is 11.0. The number of aliphatic hydroxyl groups excluding tert-OH is 1. The predicted octanol–water partition coefficient (Wildman–Crippen LogP) is 9.86. The first-order chi connectivity index (χ1) is 21.8. The molecular formula is C41H68O5. The van der Waals surface area contributed by atoms with Crippen molar-refractivity contribution in [2.45, 2.75) is 150 Å². The third kappa shape index (κ3) is 8.50. The number of hydrogen-bond donors (Lipinski definition) is 1. The standard InChI is InChI=1S/C41H68O5/c1-27(2)11-9-12-29(5)35-17-18-36-34-16-15-32-25-31(19-22-40(32,7)37(34)20-23-41(35,36)8)13-10-14-33(46-38(43)28(3)4)21-24-45-39(44)30(6)26-42/h27,29,31-37,42H,3,6,9-26H2,1-2,4-5,7-8H3/t29-,31+,32+,33?,34+,35?,36+,37+,40+,41-/m1/s1. The fourth-order valence-corrected chi connectivity index (χ4v) is 11.2. The Morgan fingerprint density at radius 1 is 0.848 bits per heavy atom. The van der Waals surface area contributed by atoms with Crippen LogP contribution in [0.1, 0.15) is 144 Å². The van der Waals surface area contributed by atoms with Gasteiger partial charge in [-0.15, -0.1) is 0 Å². The summed E-state index contributed by atoms with van der Waals surface area (Å²) >= 11 is 0. The van der Waals surface area contributed by atoms with E-state index in [1.807, 2.05) is 0 Å². The second kappa shape index (κ2) is 16.2. The van der Waals surface area contributed by atoms with Crippen molar-refractivity contribution in [3.05, 3.63) is 24.3 Å². The molecular weight excluding hydrogens is 572 g/mol. The number of hydrogen-bond acceptors (Lipinski definition) is 5. The number of esters is 2. The highest BCUT2D eigenvalue weighted by atomic mass is 16.6. The number of ether oxygens (including phenoxy) is 2. The van der Waals surface area contributed by atoms with Crippen LogP contribution < -0.4 is 0 Å². The van der Waals surface area contributed by atoms with Crippen molar-refractivity contribution in [1.82, 2.24) is 0 Å². The van der Waals surface area contributed by atoms with E-state index in [-0.39, 0.29) is 24.3 Å². The molecule has 1 N–H and O–H groups in total. The third-order valence-electron chi connectivity index (χ3n) is 13.9. The van der Waals surface area contributed by atoms with Gasteiger partial charge in [-0.1, -0.05) is 73.5 Å². The van der Waals surface area contributed by atoms with Crippen molar-refractivity contribution in [1.29, 1.82) is 0 Å². The van der Waals surface area contributed by atoms with Gasteiger partial charge in [-0.3, -0.25) is 0 Å². The lowest BCUT2D eigenvalue weighted by molar-refractivity contribution is -0.147. The Labute approximate surface area is 281 Å². The maximum Gasteiger partial charge on any atom is 0.335 e. The Kier molecular flexibility index (Phi) is 13.1. The van der Waals surface area contributed by atoms with E-state index in [1.165, 1.54) is 83.5 Å². The number of fused-ring (bicyclic) bond motifs is 5. The first kappa shape index (κ1) is 37.2. The molecule has 0 aromatic carbocycles. The SMILES string of the molecule is C=C(C)C(=O)OC(CCC[C@H]1CC[C@@]2(C)[C@@H](CC[C@@H]3[C@@H]2CC[C@]2(C)C([C@H](C)CCCC(C)C)CC[C@@H]32)C1)CCOC(=O)C(=C)CO. The van der Waals surface area contributed by atoms with Gasteiger partial charge < -0.3 is 14.6 Å². The summed E-state index contributed by atoms with van der Waals surface area (Å²) in [5, 5.41) is 9.11. The highest BCUT2D eigenvalue weighted by Gasteiger charge is 2.60. The van der Waals surface area contributed by atoms with Gasteiger partial charge in [-0.05, 0) is 136 Å². The minimum absolute atomic E-state index is 0.0330. The summed E-state index contributed by atoms with van der Waals surface area (Å²) in [6.07, 6.45) is 20.0. The van der Waals surface area contributed by atoms with E-state index >= 15 is 0 Å². The molecule has 4 aliphatic rings. The van der Waals surface area contributed by atoms with Crippen LogP contribution in [0.4, 0.5) is 0 Å². The average Bonchev–Trinajstić information content (AvgIpc) is 3.37. The van der Waals surface area contributed by atoms with Crippen molar-refractivity contribution in [3.8, 4) is 0 Å². The van der Waals surface area contributed by atoms with E-state index in [9.17, 15) is 9.59 Å². The summed E-state index contributed by atoms with van der Waals surface area (Å²) in [7, 11) is 0. The monoisotopic (exact) mass is 641 g/mol. The lowest BCUT2D eigenvalue weighted by atomic mass is 9.44. The molecule has 4 saturated carbocycles. The Morgan fingerprint density at radius 3 is 2.26 bits per heavy atom. The lowest BCUT2D eigenvalue weighted by Gasteiger charge is -2.61. The zero-order valence-corrected chi connectivity index (χ0v) is 30.4. The molecule has 0 radical (unpaired) electrons. The first-order valence-electron chi connectivity index (χ1n) is 19.1. The number of carbonyl (C=O) groups is 2. The third-order valence-corrected chi connectivity index (χ3v) is 13.9. The van der Waals surface area contributed by atoms with Crippen LogP contribution >= 0.6 is 0 Å². The van der Waals surface area contributed by atoms with Gasteiger partial charge in [0, 0.05) is 12.0 Å². The highest BCUT2D eigenvalue weighted by Crippen LogP contribution is 2.68.